The molecule has 1 aliphatic rings. The molecular formula is C24H30N6O7. The molecule has 2 aromatic rings. The zero-order valence-electron chi connectivity index (χ0n) is 20.0. The molecule has 4 atom stereocenters. The third-order valence-electron chi connectivity index (χ3n) is 6.06. The number of carboxylic acid groups (broad SMARTS) is 2. The lowest BCUT2D eigenvalue weighted by atomic mass is 10.0. The summed E-state index contributed by atoms with van der Waals surface area (Å²) in [4.78, 5) is 69.9. The Kier molecular flexibility index (Phi) is 9.33. The quantitative estimate of drug-likeness (QED) is 0.206. The Hall–Kier alpha value is -4.26. The average Bonchev–Trinajstić information content (AvgIpc) is 3.55. The lowest BCUT2D eigenvalue weighted by molar-refractivity contribution is -0.150. The molecule has 2 heterocycles. The lowest BCUT2D eigenvalue weighted by Gasteiger charge is -2.28. The maximum Gasteiger partial charge on any atom is 0.326 e. The van der Waals surface area contributed by atoms with Gasteiger partial charge in [-0.2, -0.15) is 0 Å². The molecular weight excluding hydrogens is 484 g/mol. The highest BCUT2D eigenvalue weighted by Crippen LogP contribution is 2.19. The van der Waals surface area contributed by atoms with Gasteiger partial charge in [0.05, 0.1) is 18.8 Å². The number of aromatic nitrogens is 2. The Balaban J connectivity index is 1.75. The predicted molar refractivity (Wildman–Crippen MR) is 129 cm³/mol. The monoisotopic (exact) mass is 514 g/mol. The number of H-pyrrole nitrogens is 1. The average molecular weight is 515 g/mol. The molecule has 7 N–H and O–H groups in total. The zero-order valence-corrected chi connectivity index (χ0v) is 20.0. The minimum Gasteiger partial charge on any atom is -0.481 e. The number of benzene rings is 1. The van der Waals surface area contributed by atoms with Crippen LogP contribution >= 0.6 is 0 Å². The summed E-state index contributed by atoms with van der Waals surface area (Å²) in [6, 6.07) is 4.26. The van der Waals surface area contributed by atoms with Crippen LogP contribution in [0.25, 0.3) is 0 Å². The highest BCUT2D eigenvalue weighted by molar-refractivity contribution is 5.96. The number of hydrogen-bond acceptors (Lipinski definition) is 7. The van der Waals surface area contributed by atoms with Gasteiger partial charge in [0, 0.05) is 24.9 Å². The molecule has 198 valence electrons. The molecule has 0 radical (unpaired) electrons. The normalized spacial score (nSPS) is 17.4. The summed E-state index contributed by atoms with van der Waals surface area (Å²) in [6.07, 6.45) is 2.94. The highest BCUT2D eigenvalue weighted by atomic mass is 16.4. The van der Waals surface area contributed by atoms with Gasteiger partial charge in [-0.15, -0.1) is 0 Å². The number of nitrogens with one attached hydrogen (secondary N) is 3. The molecule has 37 heavy (non-hydrogen) atoms. The number of carboxylic acids is 2. The molecule has 0 spiro atoms. The van der Waals surface area contributed by atoms with Crippen molar-refractivity contribution < 1.29 is 34.2 Å². The SMILES string of the molecule is NC(Cc1ccccc1)C(=O)NC(Cc1cnc[nH]1)C(=O)NC(CC(=O)O)C(=O)N1CCCC1C(=O)O. The summed E-state index contributed by atoms with van der Waals surface area (Å²) in [5, 5.41) is 23.7. The summed E-state index contributed by atoms with van der Waals surface area (Å²) < 4.78 is 0. The van der Waals surface area contributed by atoms with Crippen LogP contribution in [0.5, 0.6) is 0 Å². The van der Waals surface area contributed by atoms with Crippen molar-refractivity contribution in [3.63, 3.8) is 0 Å². The Bertz CT molecular complexity index is 1110. The number of aromatic amines is 1. The summed E-state index contributed by atoms with van der Waals surface area (Å²) in [5.74, 6) is -4.81. The van der Waals surface area contributed by atoms with Crippen LogP contribution in [0.2, 0.25) is 0 Å². The molecule has 13 nitrogen and oxygen atoms in total. The molecule has 1 aromatic heterocycles. The molecule has 3 amide bonds. The van der Waals surface area contributed by atoms with E-state index < -0.39 is 60.2 Å². The number of nitrogens with two attached hydrogens (primary N) is 1. The number of aliphatic carboxylic acids is 2. The second kappa shape index (κ2) is 12.6. The molecule has 4 unspecified atom stereocenters. The lowest BCUT2D eigenvalue weighted by Crippen LogP contribution is -2.58. The Morgan fingerprint density at radius 1 is 1.05 bits per heavy atom. The first kappa shape index (κ1) is 27.3. The van der Waals surface area contributed by atoms with Gasteiger partial charge < -0.3 is 36.5 Å². The van der Waals surface area contributed by atoms with Gasteiger partial charge >= 0.3 is 11.9 Å². The van der Waals surface area contributed by atoms with Crippen LogP contribution in [-0.2, 0) is 36.8 Å². The van der Waals surface area contributed by atoms with Gasteiger partial charge in [-0.25, -0.2) is 9.78 Å². The minimum absolute atomic E-state index is 0.0366. The summed E-state index contributed by atoms with van der Waals surface area (Å²) in [5.41, 5.74) is 7.38. The minimum atomic E-state index is -1.52. The van der Waals surface area contributed by atoms with Crippen LogP contribution in [0.3, 0.4) is 0 Å². The van der Waals surface area contributed by atoms with E-state index in [2.05, 4.69) is 20.6 Å². The van der Waals surface area contributed by atoms with Gasteiger partial charge in [0.2, 0.25) is 17.7 Å². The second-order valence-electron chi connectivity index (χ2n) is 8.83. The molecule has 1 aliphatic heterocycles. The molecule has 0 bridgehead atoms. The standard InChI is InChI=1S/C24H30N6O7/c25-16(9-14-5-2-1-3-6-14)21(33)28-17(10-15-12-26-13-27-15)22(34)29-18(11-20(31)32)23(35)30-8-4-7-19(30)24(36)37/h1-3,5-6,12-13,16-19H,4,7-11,25H2,(H,26,27)(H,28,33)(H,29,34)(H,31,32)(H,36,37). The van der Waals surface area contributed by atoms with Gasteiger partial charge in [-0.1, -0.05) is 30.3 Å². The zero-order chi connectivity index (χ0) is 26.9. The van der Waals surface area contributed by atoms with Crippen LogP contribution in [0, 0.1) is 0 Å². The molecule has 1 aromatic carbocycles. The fourth-order valence-corrected chi connectivity index (χ4v) is 4.20. The van der Waals surface area contributed by atoms with E-state index >= 15 is 0 Å². The van der Waals surface area contributed by atoms with Gasteiger partial charge in [0.25, 0.3) is 0 Å². The third kappa shape index (κ3) is 7.61. The first-order valence-corrected chi connectivity index (χ1v) is 11.8. The number of amides is 3. The van der Waals surface area contributed by atoms with Gasteiger partial charge in [-0.05, 0) is 24.8 Å². The molecule has 1 fully saturated rings. The number of carbonyl (C=O) groups is 5. The maximum atomic E-state index is 13.2. The van der Waals surface area contributed by atoms with Crippen LogP contribution in [-0.4, -0.2) is 85.5 Å². The highest BCUT2D eigenvalue weighted by Gasteiger charge is 2.39. The fraction of sp³-hybridized carbons (Fsp3) is 0.417. The summed E-state index contributed by atoms with van der Waals surface area (Å²) in [6.45, 7) is 0.129. The van der Waals surface area contributed by atoms with Crippen molar-refractivity contribution in [1.82, 2.24) is 25.5 Å². The second-order valence-corrected chi connectivity index (χ2v) is 8.83. The number of imidazole rings is 1. The molecule has 1 saturated heterocycles. The van der Waals surface area contributed by atoms with E-state index in [1.807, 2.05) is 30.3 Å². The van der Waals surface area contributed by atoms with Crippen LogP contribution in [0.1, 0.15) is 30.5 Å². The van der Waals surface area contributed by atoms with Gasteiger partial charge in [-0.3, -0.25) is 19.2 Å². The Morgan fingerprint density at radius 3 is 2.38 bits per heavy atom. The van der Waals surface area contributed by atoms with Crippen molar-refractivity contribution in [2.75, 3.05) is 6.54 Å². The largest absolute Gasteiger partial charge is 0.481 e. The molecule has 13 heteroatoms. The van der Waals surface area contributed by atoms with Crippen LogP contribution in [0.4, 0.5) is 0 Å². The Morgan fingerprint density at radius 2 is 1.76 bits per heavy atom. The van der Waals surface area contributed by atoms with Crippen molar-refractivity contribution >= 4 is 29.7 Å². The van der Waals surface area contributed by atoms with E-state index in [9.17, 15) is 34.2 Å². The van der Waals surface area contributed by atoms with Crippen LogP contribution < -0.4 is 16.4 Å². The van der Waals surface area contributed by atoms with Crippen molar-refractivity contribution in [2.24, 2.45) is 5.73 Å². The molecule has 3 rings (SSSR count). The van der Waals surface area contributed by atoms with E-state index in [0.29, 0.717) is 12.1 Å². The van der Waals surface area contributed by atoms with E-state index in [4.69, 9.17) is 5.73 Å². The van der Waals surface area contributed by atoms with Crippen molar-refractivity contribution in [3.8, 4) is 0 Å². The summed E-state index contributed by atoms with van der Waals surface area (Å²) >= 11 is 0. The number of hydrogen-bond donors (Lipinski definition) is 6. The predicted octanol–water partition coefficient (Wildman–Crippen LogP) is -0.958. The molecule has 0 aliphatic carbocycles. The summed E-state index contributed by atoms with van der Waals surface area (Å²) in [7, 11) is 0. The third-order valence-corrected chi connectivity index (χ3v) is 6.06. The van der Waals surface area contributed by atoms with Crippen molar-refractivity contribution in [1.29, 1.82) is 0 Å². The van der Waals surface area contributed by atoms with Crippen LogP contribution in [0.15, 0.2) is 42.9 Å². The number of rotatable bonds is 12. The smallest absolute Gasteiger partial charge is 0.326 e. The Labute approximate surface area is 212 Å². The first-order chi connectivity index (χ1) is 17.7. The topological polar surface area (TPSA) is 208 Å². The van der Waals surface area contributed by atoms with Crippen molar-refractivity contribution in [2.45, 2.75) is 56.3 Å². The van der Waals surface area contributed by atoms with E-state index in [-0.39, 0.29) is 25.8 Å². The first-order valence-electron chi connectivity index (χ1n) is 11.8. The van der Waals surface area contributed by atoms with Gasteiger partial charge in [0.15, 0.2) is 0 Å². The maximum absolute atomic E-state index is 13.2. The van der Waals surface area contributed by atoms with E-state index in [0.717, 1.165) is 10.5 Å². The number of nitrogens with zero attached hydrogens (tertiary/aromatic N) is 2. The number of likely N-dealkylation sites (tertiary alicyclic amines) is 1. The molecule has 0 saturated carbocycles. The van der Waals surface area contributed by atoms with Gasteiger partial charge in [0.1, 0.15) is 18.1 Å². The fourth-order valence-electron chi connectivity index (χ4n) is 4.20. The van der Waals surface area contributed by atoms with Crippen molar-refractivity contribution in [3.05, 3.63) is 54.1 Å². The van der Waals surface area contributed by atoms with E-state index in [1.54, 1.807) is 0 Å². The number of carbonyl (C=O) groups excluding carboxylic acids is 3. The van der Waals surface area contributed by atoms with E-state index in [1.165, 1.54) is 12.5 Å².